The van der Waals surface area contributed by atoms with Crippen molar-refractivity contribution in [3.05, 3.63) is 71.3 Å². The number of rotatable bonds is 5. The van der Waals surface area contributed by atoms with Crippen LogP contribution in [0.15, 0.2) is 48.5 Å². The molecule has 0 aliphatic heterocycles. The molecule has 0 atom stereocenters. The Bertz CT molecular complexity index is 563. The highest BCUT2D eigenvalue weighted by Crippen LogP contribution is 2.33. The van der Waals surface area contributed by atoms with Gasteiger partial charge in [0.05, 0.1) is 0 Å². The Morgan fingerprint density at radius 1 is 0.850 bits per heavy atom. The Morgan fingerprint density at radius 3 is 2.00 bits per heavy atom. The molecule has 2 aromatic rings. The average molecular weight is 404 g/mol. The third kappa shape index (κ3) is 3.29. The van der Waals surface area contributed by atoms with Gasteiger partial charge in [-0.3, -0.25) is 0 Å². The Morgan fingerprint density at radius 2 is 1.45 bits per heavy atom. The number of alkyl halides is 2. The summed E-state index contributed by atoms with van der Waals surface area (Å²) in [4.78, 5) is 0. The smallest absolute Gasteiger partial charge is 0.126 e. The largest absolute Gasteiger partial charge is 0.207 e. The van der Waals surface area contributed by atoms with Gasteiger partial charge >= 0.3 is 0 Å². The summed E-state index contributed by atoms with van der Waals surface area (Å²) in [6.07, 6.45) is 0.543. The van der Waals surface area contributed by atoms with Gasteiger partial charge in [-0.25, -0.2) is 8.78 Å². The van der Waals surface area contributed by atoms with E-state index in [0.717, 1.165) is 5.56 Å². The molecule has 0 radical (unpaired) electrons. The Labute approximate surface area is 134 Å². The molecule has 0 saturated heterocycles. The fourth-order valence-electron chi connectivity index (χ4n) is 2.20. The molecule has 0 aliphatic rings. The number of halogens is 4. The van der Waals surface area contributed by atoms with Crippen LogP contribution in [0.3, 0.4) is 0 Å². The second kappa shape index (κ2) is 6.81. The molecule has 2 rings (SSSR count). The van der Waals surface area contributed by atoms with E-state index in [4.69, 9.17) is 0 Å². The van der Waals surface area contributed by atoms with Crippen LogP contribution in [-0.4, -0.2) is 10.7 Å². The van der Waals surface area contributed by atoms with Gasteiger partial charge in [0.1, 0.15) is 11.6 Å². The van der Waals surface area contributed by atoms with E-state index in [-0.39, 0.29) is 17.0 Å². The van der Waals surface area contributed by atoms with E-state index in [1.807, 2.05) is 6.07 Å². The number of benzene rings is 2. The van der Waals surface area contributed by atoms with Crippen molar-refractivity contribution in [1.82, 2.24) is 0 Å². The van der Waals surface area contributed by atoms with Crippen molar-refractivity contribution < 1.29 is 8.78 Å². The SMILES string of the molecule is Fc1ccc(C(CBr)(CBr)Cc2ccccc2F)cc1. The summed E-state index contributed by atoms with van der Waals surface area (Å²) in [6.45, 7) is 0. The fraction of sp³-hybridized carbons (Fsp3) is 0.250. The third-order valence-electron chi connectivity index (χ3n) is 3.45. The highest BCUT2D eigenvalue weighted by Gasteiger charge is 2.31. The molecule has 0 nitrogen and oxygen atoms in total. The molecular formula is C16H14Br2F2. The van der Waals surface area contributed by atoms with E-state index < -0.39 is 0 Å². The van der Waals surface area contributed by atoms with Gasteiger partial charge in [0.2, 0.25) is 0 Å². The minimum atomic E-state index is -0.310. The van der Waals surface area contributed by atoms with Crippen LogP contribution in [0.2, 0.25) is 0 Å². The first-order valence-electron chi connectivity index (χ1n) is 6.23. The summed E-state index contributed by atoms with van der Waals surface area (Å²) in [5.41, 5.74) is 1.34. The predicted octanol–water partition coefficient (Wildman–Crippen LogP) is 5.24. The van der Waals surface area contributed by atoms with E-state index in [1.165, 1.54) is 18.2 Å². The summed E-state index contributed by atoms with van der Waals surface area (Å²) in [5.74, 6) is -0.474. The molecule has 20 heavy (non-hydrogen) atoms. The second-order valence-electron chi connectivity index (χ2n) is 4.82. The fourth-order valence-corrected chi connectivity index (χ4v) is 4.17. The van der Waals surface area contributed by atoms with Gasteiger partial charge in [-0.15, -0.1) is 0 Å². The summed E-state index contributed by atoms with van der Waals surface area (Å²) in [7, 11) is 0. The lowest BCUT2D eigenvalue weighted by molar-refractivity contribution is 0.521. The van der Waals surface area contributed by atoms with Crippen LogP contribution in [0.1, 0.15) is 11.1 Å². The molecule has 0 aliphatic carbocycles. The van der Waals surface area contributed by atoms with Gasteiger partial charge in [0, 0.05) is 16.1 Å². The molecular weight excluding hydrogens is 390 g/mol. The number of hydrogen-bond donors (Lipinski definition) is 0. The van der Waals surface area contributed by atoms with E-state index in [9.17, 15) is 8.78 Å². The molecule has 0 unspecified atom stereocenters. The topological polar surface area (TPSA) is 0 Å². The van der Waals surface area contributed by atoms with E-state index in [0.29, 0.717) is 22.6 Å². The molecule has 0 amide bonds. The lowest BCUT2D eigenvalue weighted by atomic mass is 9.79. The van der Waals surface area contributed by atoms with Crippen LogP contribution < -0.4 is 0 Å². The quantitative estimate of drug-likeness (QED) is 0.599. The maximum atomic E-state index is 13.9. The minimum absolute atomic E-state index is 0.208. The van der Waals surface area contributed by atoms with Crippen molar-refractivity contribution in [3.8, 4) is 0 Å². The monoisotopic (exact) mass is 402 g/mol. The van der Waals surface area contributed by atoms with Crippen LogP contribution in [0.25, 0.3) is 0 Å². The zero-order valence-corrected chi connectivity index (χ0v) is 13.9. The van der Waals surface area contributed by atoms with Crippen LogP contribution in [0.5, 0.6) is 0 Å². The summed E-state index contributed by atoms with van der Waals surface area (Å²) >= 11 is 7.05. The van der Waals surface area contributed by atoms with Crippen LogP contribution in [0.4, 0.5) is 8.78 Å². The molecule has 0 bridgehead atoms. The molecule has 106 valence electrons. The zero-order chi connectivity index (χ0) is 14.6. The first-order valence-corrected chi connectivity index (χ1v) is 8.47. The van der Waals surface area contributed by atoms with Crippen LogP contribution in [0, 0.1) is 11.6 Å². The van der Waals surface area contributed by atoms with Crippen molar-refractivity contribution in [3.63, 3.8) is 0 Å². The van der Waals surface area contributed by atoms with Crippen LogP contribution >= 0.6 is 31.9 Å². The summed E-state index contributed by atoms with van der Waals surface area (Å²) in [6, 6.07) is 13.2. The summed E-state index contributed by atoms with van der Waals surface area (Å²) in [5, 5.41) is 1.32. The average Bonchev–Trinajstić information content (AvgIpc) is 2.48. The first kappa shape index (κ1) is 15.6. The van der Waals surface area contributed by atoms with Crippen molar-refractivity contribution in [2.75, 3.05) is 10.7 Å². The van der Waals surface area contributed by atoms with Crippen molar-refractivity contribution in [2.24, 2.45) is 0 Å². The molecule has 0 N–H and O–H groups in total. The van der Waals surface area contributed by atoms with Crippen molar-refractivity contribution in [2.45, 2.75) is 11.8 Å². The molecule has 2 aromatic carbocycles. The molecule has 0 saturated carbocycles. The maximum Gasteiger partial charge on any atom is 0.126 e. The van der Waals surface area contributed by atoms with Gasteiger partial charge < -0.3 is 0 Å². The van der Waals surface area contributed by atoms with Gasteiger partial charge in [-0.1, -0.05) is 62.2 Å². The molecule has 0 heterocycles. The van der Waals surface area contributed by atoms with Gasteiger partial charge in [0.25, 0.3) is 0 Å². The molecule has 0 spiro atoms. The molecule has 0 aromatic heterocycles. The zero-order valence-electron chi connectivity index (χ0n) is 10.8. The Balaban J connectivity index is 2.39. The van der Waals surface area contributed by atoms with Gasteiger partial charge in [-0.2, -0.15) is 0 Å². The molecule has 4 heteroatoms. The van der Waals surface area contributed by atoms with Gasteiger partial charge in [-0.05, 0) is 35.7 Å². The van der Waals surface area contributed by atoms with Gasteiger partial charge in [0.15, 0.2) is 0 Å². The normalized spacial score (nSPS) is 11.6. The predicted molar refractivity (Wildman–Crippen MR) is 85.8 cm³/mol. The van der Waals surface area contributed by atoms with E-state index in [1.54, 1.807) is 24.3 Å². The Kier molecular flexibility index (Phi) is 5.33. The summed E-state index contributed by atoms with van der Waals surface area (Å²) < 4.78 is 27.0. The van der Waals surface area contributed by atoms with E-state index in [2.05, 4.69) is 31.9 Å². The third-order valence-corrected chi connectivity index (χ3v) is 5.60. The Hall–Kier alpha value is -0.740. The minimum Gasteiger partial charge on any atom is -0.207 e. The molecule has 0 fully saturated rings. The highest BCUT2D eigenvalue weighted by molar-refractivity contribution is 9.09. The highest BCUT2D eigenvalue weighted by atomic mass is 79.9. The second-order valence-corrected chi connectivity index (χ2v) is 5.94. The number of hydrogen-bond acceptors (Lipinski definition) is 0. The lowest BCUT2D eigenvalue weighted by Crippen LogP contribution is -2.33. The first-order chi connectivity index (χ1) is 9.61. The maximum absolute atomic E-state index is 13.9. The lowest BCUT2D eigenvalue weighted by Gasteiger charge is -2.31. The van der Waals surface area contributed by atoms with Crippen molar-refractivity contribution in [1.29, 1.82) is 0 Å². The van der Waals surface area contributed by atoms with Crippen molar-refractivity contribution >= 4 is 31.9 Å². The van der Waals surface area contributed by atoms with Crippen LogP contribution in [-0.2, 0) is 11.8 Å². The van der Waals surface area contributed by atoms with E-state index >= 15 is 0 Å². The standard InChI is InChI=1S/C16H14Br2F2/c17-10-16(11-18,13-5-7-14(19)8-6-13)9-12-3-1-2-4-15(12)20/h1-8H,9-11H2.